The van der Waals surface area contributed by atoms with Gasteiger partial charge in [-0.1, -0.05) is 6.92 Å². The van der Waals surface area contributed by atoms with Crippen LogP contribution in [0.25, 0.3) is 0 Å². The van der Waals surface area contributed by atoms with E-state index in [4.69, 9.17) is 9.47 Å². The normalized spacial score (nSPS) is 10.1. The van der Waals surface area contributed by atoms with Crippen molar-refractivity contribution in [3.63, 3.8) is 0 Å². The molecule has 1 aromatic carbocycles. The summed E-state index contributed by atoms with van der Waals surface area (Å²) in [6, 6.07) is 3.56. The summed E-state index contributed by atoms with van der Waals surface area (Å²) in [6.07, 6.45) is 0.930. The van der Waals surface area contributed by atoms with Gasteiger partial charge in [0.1, 0.15) is 0 Å². The summed E-state index contributed by atoms with van der Waals surface area (Å²) in [4.78, 5) is 11.9. The molecule has 0 fully saturated rings. The average molecular weight is 377 g/mol. The first-order chi connectivity index (χ1) is 9.13. The lowest BCUT2D eigenvalue weighted by Crippen LogP contribution is -2.22. The smallest absolute Gasteiger partial charge is 0.251 e. The Kier molecular flexibility index (Phi) is 6.97. The fourth-order valence-corrected chi connectivity index (χ4v) is 2.33. The summed E-state index contributed by atoms with van der Waals surface area (Å²) in [5.74, 6) is 1.25. The van der Waals surface area contributed by atoms with E-state index in [2.05, 4.69) is 34.8 Å². The lowest BCUT2D eigenvalue weighted by molar-refractivity contribution is 0.0955. The highest BCUT2D eigenvalue weighted by molar-refractivity contribution is 14.1. The molecule has 0 atom stereocenters. The molecular weight excluding hydrogens is 357 g/mol. The predicted octanol–water partition coefficient (Wildman–Crippen LogP) is 3.23. The van der Waals surface area contributed by atoms with Crippen molar-refractivity contribution in [2.45, 2.75) is 27.2 Å². The van der Waals surface area contributed by atoms with Crippen molar-refractivity contribution in [1.82, 2.24) is 5.32 Å². The molecule has 19 heavy (non-hydrogen) atoms. The van der Waals surface area contributed by atoms with Crippen LogP contribution in [0.1, 0.15) is 37.6 Å². The molecule has 1 amide bonds. The molecule has 0 spiro atoms. The molecule has 0 unspecified atom stereocenters. The number of rotatable bonds is 7. The number of nitrogens with one attached hydrogen (secondary N) is 1. The van der Waals surface area contributed by atoms with Gasteiger partial charge in [0.15, 0.2) is 11.5 Å². The number of carbonyl (C=O) groups excluding carboxylic acids is 1. The maximum absolute atomic E-state index is 11.9. The molecule has 0 heterocycles. The van der Waals surface area contributed by atoms with E-state index in [0.29, 0.717) is 31.1 Å². The number of benzene rings is 1. The zero-order valence-corrected chi connectivity index (χ0v) is 13.7. The number of halogens is 1. The van der Waals surface area contributed by atoms with Gasteiger partial charge in [0.05, 0.1) is 16.8 Å². The highest BCUT2D eigenvalue weighted by atomic mass is 127. The third kappa shape index (κ3) is 4.56. The van der Waals surface area contributed by atoms with E-state index >= 15 is 0 Å². The molecule has 0 saturated heterocycles. The monoisotopic (exact) mass is 377 g/mol. The molecule has 0 radical (unpaired) electrons. The Hall–Kier alpha value is -0.980. The van der Waals surface area contributed by atoms with Crippen LogP contribution in [0.15, 0.2) is 12.1 Å². The van der Waals surface area contributed by atoms with Gasteiger partial charge in [-0.2, -0.15) is 0 Å². The molecule has 1 rings (SSSR count). The van der Waals surface area contributed by atoms with Crippen LogP contribution in [0.4, 0.5) is 0 Å². The van der Waals surface area contributed by atoms with Gasteiger partial charge in [-0.15, -0.1) is 0 Å². The van der Waals surface area contributed by atoms with E-state index in [-0.39, 0.29) is 5.91 Å². The first-order valence-corrected chi connectivity index (χ1v) is 7.59. The largest absolute Gasteiger partial charge is 0.490 e. The van der Waals surface area contributed by atoms with Crippen LogP contribution in [-0.4, -0.2) is 25.7 Å². The summed E-state index contributed by atoms with van der Waals surface area (Å²) in [5, 5.41) is 2.78. The standard InChI is InChI=1S/C14H20INO3/c1-4-7-19-13-11(15)8-10(14(17)16-5-2)9-12(13)18-6-3/h8-9H,4-7H2,1-3H3,(H,16,17). The minimum atomic E-state index is -0.0941. The molecule has 0 aliphatic rings. The SMILES string of the molecule is CCCOc1c(I)cc(C(=O)NCC)cc1OCC. The van der Waals surface area contributed by atoms with Crippen molar-refractivity contribution in [1.29, 1.82) is 0 Å². The Morgan fingerprint density at radius 3 is 2.58 bits per heavy atom. The van der Waals surface area contributed by atoms with Gasteiger partial charge in [0, 0.05) is 12.1 Å². The predicted molar refractivity (Wildman–Crippen MR) is 84.1 cm³/mol. The van der Waals surface area contributed by atoms with Crippen molar-refractivity contribution >= 4 is 28.5 Å². The molecule has 0 aliphatic heterocycles. The van der Waals surface area contributed by atoms with Gasteiger partial charge in [-0.3, -0.25) is 4.79 Å². The number of amides is 1. The zero-order valence-electron chi connectivity index (χ0n) is 11.6. The van der Waals surface area contributed by atoms with Gasteiger partial charge in [-0.05, 0) is 55.0 Å². The highest BCUT2D eigenvalue weighted by Crippen LogP contribution is 2.34. The van der Waals surface area contributed by atoms with E-state index in [1.165, 1.54) is 0 Å². The molecule has 0 saturated carbocycles. The fraction of sp³-hybridized carbons (Fsp3) is 0.500. The summed E-state index contributed by atoms with van der Waals surface area (Å²) in [6.45, 7) is 7.64. The minimum Gasteiger partial charge on any atom is -0.490 e. The Morgan fingerprint density at radius 1 is 1.26 bits per heavy atom. The second-order valence-electron chi connectivity index (χ2n) is 3.93. The molecule has 0 aromatic heterocycles. The van der Waals surface area contributed by atoms with Crippen LogP contribution in [0.5, 0.6) is 11.5 Å². The van der Waals surface area contributed by atoms with Crippen molar-refractivity contribution in [2.24, 2.45) is 0 Å². The zero-order chi connectivity index (χ0) is 14.3. The molecule has 4 nitrogen and oxygen atoms in total. The van der Waals surface area contributed by atoms with E-state index in [9.17, 15) is 4.79 Å². The van der Waals surface area contributed by atoms with Crippen LogP contribution in [-0.2, 0) is 0 Å². The number of hydrogen-bond donors (Lipinski definition) is 1. The van der Waals surface area contributed by atoms with Crippen LogP contribution in [0.3, 0.4) is 0 Å². The molecule has 0 bridgehead atoms. The second kappa shape index (κ2) is 8.24. The average Bonchev–Trinajstić information content (AvgIpc) is 2.38. The van der Waals surface area contributed by atoms with Crippen molar-refractivity contribution in [2.75, 3.05) is 19.8 Å². The van der Waals surface area contributed by atoms with Crippen LogP contribution in [0.2, 0.25) is 0 Å². The third-order valence-corrected chi connectivity index (χ3v) is 3.16. The topological polar surface area (TPSA) is 47.6 Å². The third-order valence-electron chi connectivity index (χ3n) is 2.36. The van der Waals surface area contributed by atoms with Crippen LogP contribution in [0, 0.1) is 3.57 Å². The first kappa shape index (κ1) is 16.1. The molecule has 0 aliphatic carbocycles. The minimum absolute atomic E-state index is 0.0941. The van der Waals surface area contributed by atoms with Gasteiger partial charge in [0.25, 0.3) is 5.91 Å². The summed E-state index contributed by atoms with van der Waals surface area (Å²) >= 11 is 2.17. The van der Waals surface area contributed by atoms with Gasteiger partial charge < -0.3 is 14.8 Å². The van der Waals surface area contributed by atoms with Gasteiger partial charge in [0.2, 0.25) is 0 Å². The Bertz CT molecular complexity index is 435. The fourth-order valence-electron chi connectivity index (χ4n) is 1.57. The highest BCUT2D eigenvalue weighted by Gasteiger charge is 2.15. The molecule has 1 aromatic rings. The Morgan fingerprint density at radius 2 is 2.00 bits per heavy atom. The van der Waals surface area contributed by atoms with Crippen molar-refractivity contribution in [3.8, 4) is 11.5 Å². The number of ether oxygens (including phenoxy) is 2. The number of carbonyl (C=O) groups is 1. The second-order valence-corrected chi connectivity index (χ2v) is 5.09. The molecule has 5 heteroatoms. The Balaban J connectivity index is 3.08. The lowest BCUT2D eigenvalue weighted by Gasteiger charge is -2.15. The van der Waals surface area contributed by atoms with E-state index in [1.54, 1.807) is 6.07 Å². The lowest BCUT2D eigenvalue weighted by atomic mass is 10.2. The van der Waals surface area contributed by atoms with E-state index in [0.717, 1.165) is 15.7 Å². The molecule has 106 valence electrons. The van der Waals surface area contributed by atoms with Crippen molar-refractivity contribution in [3.05, 3.63) is 21.3 Å². The first-order valence-electron chi connectivity index (χ1n) is 6.51. The molecular formula is C14H20INO3. The summed E-state index contributed by atoms with van der Waals surface area (Å²) in [5.41, 5.74) is 0.596. The van der Waals surface area contributed by atoms with Crippen LogP contribution < -0.4 is 14.8 Å². The maximum Gasteiger partial charge on any atom is 0.251 e. The van der Waals surface area contributed by atoms with E-state index in [1.807, 2.05) is 19.9 Å². The maximum atomic E-state index is 11.9. The number of hydrogen-bond acceptors (Lipinski definition) is 3. The van der Waals surface area contributed by atoms with Gasteiger partial charge in [-0.25, -0.2) is 0 Å². The summed E-state index contributed by atoms with van der Waals surface area (Å²) in [7, 11) is 0. The van der Waals surface area contributed by atoms with Crippen molar-refractivity contribution < 1.29 is 14.3 Å². The quantitative estimate of drug-likeness (QED) is 0.743. The Labute approximate surface area is 128 Å². The molecule has 1 N–H and O–H groups in total. The summed E-state index contributed by atoms with van der Waals surface area (Å²) < 4.78 is 12.2. The van der Waals surface area contributed by atoms with Gasteiger partial charge >= 0.3 is 0 Å². The van der Waals surface area contributed by atoms with Crippen LogP contribution >= 0.6 is 22.6 Å². The van der Waals surface area contributed by atoms with E-state index < -0.39 is 0 Å².